The average molecular weight is 402 g/mol. The van der Waals surface area contributed by atoms with E-state index in [1.807, 2.05) is 33.2 Å². The van der Waals surface area contributed by atoms with Crippen LogP contribution in [0.3, 0.4) is 0 Å². The average Bonchev–Trinajstić information content (AvgIpc) is 3.47. The van der Waals surface area contributed by atoms with Gasteiger partial charge in [-0.25, -0.2) is 4.98 Å². The first-order valence-electron chi connectivity index (χ1n) is 10.2. The predicted molar refractivity (Wildman–Crippen MR) is 111 cm³/mol. The summed E-state index contributed by atoms with van der Waals surface area (Å²) in [7, 11) is 3.65. The molecular weight excluding hydrogens is 370 g/mol. The van der Waals surface area contributed by atoms with Crippen molar-refractivity contribution in [1.82, 2.24) is 30.7 Å². The molecule has 1 amide bonds. The van der Waals surface area contributed by atoms with E-state index in [1.165, 1.54) is 0 Å². The van der Waals surface area contributed by atoms with E-state index in [4.69, 9.17) is 9.41 Å². The Bertz CT molecular complexity index is 805. The number of nitrogens with zero attached hydrogens (tertiary/aromatic N) is 4. The van der Waals surface area contributed by atoms with E-state index in [1.54, 1.807) is 11.2 Å². The molecule has 158 valence electrons. The number of guanidine groups is 1. The summed E-state index contributed by atoms with van der Waals surface area (Å²) in [6.07, 6.45) is 6.25. The van der Waals surface area contributed by atoms with E-state index in [-0.39, 0.29) is 11.3 Å². The molecule has 1 fully saturated rings. The van der Waals surface area contributed by atoms with Crippen LogP contribution in [0.25, 0.3) is 11.6 Å². The second-order valence-corrected chi connectivity index (χ2v) is 7.64. The van der Waals surface area contributed by atoms with E-state index in [9.17, 15) is 4.79 Å². The Morgan fingerprint density at radius 1 is 1.34 bits per heavy atom. The van der Waals surface area contributed by atoms with Gasteiger partial charge in [0.15, 0.2) is 11.7 Å². The highest BCUT2D eigenvalue weighted by molar-refractivity contribution is 5.84. The molecule has 0 radical (unpaired) electrons. The summed E-state index contributed by atoms with van der Waals surface area (Å²) in [6, 6.07) is 3.64. The minimum Gasteiger partial charge on any atom is -0.461 e. The zero-order valence-corrected chi connectivity index (χ0v) is 17.5. The van der Waals surface area contributed by atoms with Gasteiger partial charge in [0.25, 0.3) is 0 Å². The van der Waals surface area contributed by atoms with Crippen LogP contribution in [0.5, 0.6) is 0 Å². The molecule has 0 aliphatic heterocycles. The Hall–Kier alpha value is -2.84. The fourth-order valence-corrected chi connectivity index (χ4v) is 3.76. The predicted octanol–water partition coefficient (Wildman–Crippen LogP) is 1.81. The Morgan fingerprint density at radius 3 is 2.79 bits per heavy atom. The molecule has 0 unspecified atom stereocenters. The van der Waals surface area contributed by atoms with Crippen molar-refractivity contribution in [3.05, 3.63) is 24.2 Å². The number of nitrogens with one attached hydrogen (secondary N) is 3. The lowest BCUT2D eigenvalue weighted by Gasteiger charge is -2.29. The van der Waals surface area contributed by atoms with Crippen LogP contribution in [0.15, 0.2) is 27.8 Å². The highest BCUT2D eigenvalue weighted by Gasteiger charge is 2.42. The topological polar surface area (TPSA) is 111 Å². The summed E-state index contributed by atoms with van der Waals surface area (Å²) >= 11 is 0. The zero-order chi connectivity index (χ0) is 20.7. The van der Waals surface area contributed by atoms with E-state index in [0.29, 0.717) is 31.1 Å². The minimum atomic E-state index is -0.366. The van der Waals surface area contributed by atoms with Gasteiger partial charge in [0, 0.05) is 33.6 Å². The Labute approximate surface area is 171 Å². The molecule has 1 aliphatic rings. The number of amides is 1. The first-order valence-corrected chi connectivity index (χ1v) is 10.2. The van der Waals surface area contributed by atoms with E-state index in [0.717, 1.165) is 44.0 Å². The maximum absolute atomic E-state index is 12.7. The van der Waals surface area contributed by atoms with Crippen molar-refractivity contribution in [2.75, 3.05) is 33.7 Å². The first kappa shape index (κ1) is 20.9. The van der Waals surface area contributed by atoms with Gasteiger partial charge in [-0.2, -0.15) is 5.10 Å². The van der Waals surface area contributed by atoms with Crippen molar-refractivity contribution >= 4 is 11.9 Å². The quantitative estimate of drug-likeness (QED) is 0.459. The van der Waals surface area contributed by atoms with Crippen molar-refractivity contribution in [3.63, 3.8) is 0 Å². The highest BCUT2D eigenvalue weighted by Crippen LogP contribution is 2.39. The van der Waals surface area contributed by atoms with Crippen LogP contribution in [0, 0.1) is 5.41 Å². The maximum atomic E-state index is 12.7. The molecule has 0 atom stereocenters. The molecule has 3 rings (SSSR count). The first-order chi connectivity index (χ1) is 14.0. The lowest BCUT2D eigenvalue weighted by molar-refractivity contribution is -0.138. The van der Waals surface area contributed by atoms with Gasteiger partial charge in [-0.3, -0.25) is 14.9 Å². The second-order valence-electron chi connectivity index (χ2n) is 7.64. The van der Waals surface area contributed by atoms with Crippen molar-refractivity contribution in [2.45, 2.75) is 39.0 Å². The van der Waals surface area contributed by atoms with E-state index >= 15 is 0 Å². The number of H-pyrrole nitrogens is 1. The number of carbonyl (C=O) groups excluding carboxylic acids is 1. The number of hydrogen-bond acceptors (Lipinski definition) is 5. The second kappa shape index (κ2) is 9.58. The Morgan fingerprint density at radius 2 is 2.14 bits per heavy atom. The van der Waals surface area contributed by atoms with Gasteiger partial charge in [-0.05, 0) is 31.9 Å². The molecular formula is C20H31N7O2. The lowest BCUT2D eigenvalue weighted by atomic mass is 9.85. The number of aromatic amines is 1. The molecule has 0 saturated heterocycles. The monoisotopic (exact) mass is 401 g/mol. The molecule has 1 saturated carbocycles. The third kappa shape index (κ3) is 5.16. The van der Waals surface area contributed by atoms with Gasteiger partial charge in [-0.15, -0.1) is 0 Å². The molecule has 2 aromatic rings. The van der Waals surface area contributed by atoms with Gasteiger partial charge in [0.2, 0.25) is 11.7 Å². The molecule has 9 nitrogen and oxygen atoms in total. The standard InChI is InChI=1S/C20H31N7O2/c1-4-21-19(23-14-20(10-5-6-11-20)18(28)27(2)3)22-12-9-16-24-17(26-25-16)15-8-7-13-29-15/h7-8,13H,4-6,9-12,14H2,1-3H3,(H2,21,22,23)(H,24,25,26). The van der Waals surface area contributed by atoms with Gasteiger partial charge in [0.05, 0.1) is 18.2 Å². The number of aliphatic imine (C=N–C) groups is 1. The SMILES string of the molecule is CCNC(=NCC1(C(=O)N(C)C)CCCC1)NCCc1nc(-c2ccco2)n[nH]1. The fourth-order valence-electron chi connectivity index (χ4n) is 3.76. The Balaban J connectivity index is 1.57. The van der Waals surface area contributed by atoms with E-state index < -0.39 is 0 Å². The number of rotatable bonds is 8. The summed E-state index contributed by atoms with van der Waals surface area (Å²) in [5, 5.41) is 13.7. The number of hydrogen-bond donors (Lipinski definition) is 3. The van der Waals surface area contributed by atoms with Crippen LogP contribution < -0.4 is 10.6 Å². The molecule has 29 heavy (non-hydrogen) atoms. The van der Waals surface area contributed by atoms with Crippen LogP contribution in [-0.2, 0) is 11.2 Å². The molecule has 9 heteroatoms. The third-order valence-corrected chi connectivity index (χ3v) is 5.23. The number of carbonyl (C=O) groups is 1. The van der Waals surface area contributed by atoms with Crippen LogP contribution in [0.2, 0.25) is 0 Å². The zero-order valence-electron chi connectivity index (χ0n) is 17.5. The molecule has 3 N–H and O–H groups in total. The molecule has 1 aliphatic carbocycles. The molecule has 2 heterocycles. The van der Waals surface area contributed by atoms with Gasteiger partial charge in [-0.1, -0.05) is 12.8 Å². The van der Waals surface area contributed by atoms with E-state index in [2.05, 4.69) is 25.8 Å². The lowest BCUT2D eigenvalue weighted by Crippen LogP contribution is -2.43. The molecule has 2 aromatic heterocycles. The summed E-state index contributed by atoms with van der Waals surface area (Å²) < 4.78 is 5.31. The number of aromatic nitrogens is 3. The summed E-state index contributed by atoms with van der Waals surface area (Å²) in [5.41, 5.74) is -0.366. The third-order valence-electron chi connectivity index (χ3n) is 5.23. The van der Waals surface area contributed by atoms with Crippen LogP contribution >= 0.6 is 0 Å². The highest BCUT2D eigenvalue weighted by atomic mass is 16.3. The van der Waals surface area contributed by atoms with Gasteiger partial charge in [0.1, 0.15) is 5.82 Å². The molecule has 0 spiro atoms. The van der Waals surface area contributed by atoms with Gasteiger partial charge >= 0.3 is 0 Å². The van der Waals surface area contributed by atoms with Crippen LogP contribution in [-0.4, -0.2) is 65.7 Å². The van der Waals surface area contributed by atoms with Crippen LogP contribution in [0.1, 0.15) is 38.4 Å². The summed E-state index contributed by atoms with van der Waals surface area (Å²) in [6.45, 7) is 3.93. The van der Waals surface area contributed by atoms with Gasteiger partial charge < -0.3 is 20.0 Å². The summed E-state index contributed by atoms with van der Waals surface area (Å²) in [4.78, 5) is 23.6. The largest absolute Gasteiger partial charge is 0.461 e. The van der Waals surface area contributed by atoms with Crippen molar-refractivity contribution in [3.8, 4) is 11.6 Å². The Kier molecular flexibility index (Phi) is 6.90. The van der Waals surface area contributed by atoms with Crippen molar-refractivity contribution < 1.29 is 9.21 Å². The minimum absolute atomic E-state index is 0.182. The van der Waals surface area contributed by atoms with Crippen LogP contribution in [0.4, 0.5) is 0 Å². The normalized spacial score (nSPS) is 16.0. The molecule has 0 bridgehead atoms. The fraction of sp³-hybridized carbons (Fsp3) is 0.600. The van der Waals surface area contributed by atoms with Crippen molar-refractivity contribution in [1.29, 1.82) is 0 Å². The summed E-state index contributed by atoms with van der Waals surface area (Å²) in [5.74, 6) is 2.87. The van der Waals surface area contributed by atoms with Crippen molar-refractivity contribution in [2.24, 2.45) is 10.4 Å². The molecule has 0 aromatic carbocycles. The smallest absolute Gasteiger partial charge is 0.230 e. The maximum Gasteiger partial charge on any atom is 0.230 e. The number of furan rings is 1.